The summed E-state index contributed by atoms with van der Waals surface area (Å²) in [6.07, 6.45) is -1.13. The minimum absolute atomic E-state index is 0.167. The molecule has 4 nitrogen and oxygen atoms in total. The predicted octanol–water partition coefficient (Wildman–Crippen LogP) is 4.67. The summed E-state index contributed by atoms with van der Waals surface area (Å²) in [5, 5.41) is 2.76. The van der Waals surface area contributed by atoms with Gasteiger partial charge in [-0.2, -0.15) is 0 Å². The topological polar surface area (TPSA) is 55.4 Å². The van der Waals surface area contributed by atoms with Crippen LogP contribution >= 0.6 is 0 Å². The van der Waals surface area contributed by atoms with Crippen LogP contribution in [0.25, 0.3) is 0 Å². The molecule has 0 saturated carbocycles. The van der Waals surface area contributed by atoms with Crippen LogP contribution < -0.4 is 5.32 Å². The van der Waals surface area contributed by atoms with Crippen LogP contribution in [0, 0.1) is 12.7 Å². The number of benzene rings is 3. The molecule has 1 amide bonds. The fraction of sp³-hybridized carbons (Fsp3) is 0.0909. The summed E-state index contributed by atoms with van der Waals surface area (Å²) >= 11 is 0. The SMILES string of the molecule is Cc1ccc(NC(=O)C(OC(=O)c2ccc(F)cc2)c2ccccc2)cc1. The number of hydrogen-bond acceptors (Lipinski definition) is 3. The first kappa shape index (κ1) is 18.3. The number of carbonyl (C=O) groups is 2. The number of carbonyl (C=O) groups excluding carboxylic acids is 2. The highest BCUT2D eigenvalue weighted by atomic mass is 19.1. The van der Waals surface area contributed by atoms with Crippen molar-refractivity contribution >= 4 is 17.6 Å². The van der Waals surface area contributed by atoms with E-state index in [1.54, 1.807) is 42.5 Å². The molecule has 27 heavy (non-hydrogen) atoms. The summed E-state index contributed by atoms with van der Waals surface area (Å²) in [7, 11) is 0. The Balaban J connectivity index is 1.82. The molecule has 0 spiro atoms. The van der Waals surface area contributed by atoms with Gasteiger partial charge in [-0.3, -0.25) is 4.79 Å². The Bertz CT molecular complexity index is 922. The molecule has 0 aliphatic rings. The lowest BCUT2D eigenvalue weighted by atomic mass is 10.1. The van der Waals surface area contributed by atoms with Gasteiger partial charge in [0.15, 0.2) is 0 Å². The fourth-order valence-electron chi connectivity index (χ4n) is 2.51. The maximum Gasteiger partial charge on any atom is 0.339 e. The fourth-order valence-corrected chi connectivity index (χ4v) is 2.51. The minimum atomic E-state index is -1.13. The first-order valence-electron chi connectivity index (χ1n) is 8.42. The summed E-state index contributed by atoms with van der Waals surface area (Å²) in [5.41, 5.74) is 2.37. The molecule has 3 aromatic carbocycles. The van der Waals surface area contributed by atoms with Crippen molar-refractivity contribution in [1.29, 1.82) is 0 Å². The van der Waals surface area contributed by atoms with E-state index in [-0.39, 0.29) is 5.56 Å². The van der Waals surface area contributed by atoms with Crippen LogP contribution in [-0.2, 0) is 9.53 Å². The van der Waals surface area contributed by atoms with E-state index >= 15 is 0 Å². The van der Waals surface area contributed by atoms with Crippen LogP contribution in [0.3, 0.4) is 0 Å². The van der Waals surface area contributed by atoms with Gasteiger partial charge in [0.05, 0.1) is 5.56 Å². The smallest absolute Gasteiger partial charge is 0.339 e. The molecule has 0 bridgehead atoms. The van der Waals surface area contributed by atoms with Crippen LogP contribution in [0.4, 0.5) is 10.1 Å². The van der Waals surface area contributed by atoms with Crippen molar-refractivity contribution in [3.63, 3.8) is 0 Å². The number of anilines is 1. The van der Waals surface area contributed by atoms with Gasteiger partial charge in [-0.25, -0.2) is 9.18 Å². The average Bonchev–Trinajstić information content (AvgIpc) is 2.69. The highest BCUT2D eigenvalue weighted by Gasteiger charge is 2.25. The zero-order chi connectivity index (χ0) is 19.2. The number of aryl methyl sites for hydroxylation is 1. The molecule has 0 saturated heterocycles. The molecule has 0 aliphatic heterocycles. The zero-order valence-corrected chi connectivity index (χ0v) is 14.7. The summed E-state index contributed by atoms with van der Waals surface area (Å²) in [5.74, 6) is -1.63. The lowest BCUT2D eigenvalue weighted by Crippen LogP contribution is -2.26. The number of hydrogen-bond donors (Lipinski definition) is 1. The second-order valence-electron chi connectivity index (χ2n) is 6.06. The molecule has 1 N–H and O–H groups in total. The second-order valence-corrected chi connectivity index (χ2v) is 6.06. The molecule has 0 aromatic heterocycles. The standard InChI is InChI=1S/C22H18FNO3/c1-15-7-13-19(14-8-15)24-21(25)20(16-5-3-2-4-6-16)27-22(26)17-9-11-18(23)12-10-17/h2-14,20H,1H3,(H,24,25). The van der Waals surface area contributed by atoms with Gasteiger partial charge in [-0.15, -0.1) is 0 Å². The van der Waals surface area contributed by atoms with Crippen molar-refractivity contribution in [2.45, 2.75) is 13.0 Å². The van der Waals surface area contributed by atoms with E-state index in [1.165, 1.54) is 24.3 Å². The van der Waals surface area contributed by atoms with Gasteiger partial charge >= 0.3 is 5.97 Å². The number of ether oxygens (including phenoxy) is 1. The Hall–Kier alpha value is -3.47. The quantitative estimate of drug-likeness (QED) is 0.670. The van der Waals surface area contributed by atoms with Crippen LogP contribution in [-0.4, -0.2) is 11.9 Å². The van der Waals surface area contributed by atoms with Gasteiger partial charge in [0.25, 0.3) is 5.91 Å². The van der Waals surface area contributed by atoms with Gasteiger partial charge < -0.3 is 10.1 Å². The number of esters is 1. The van der Waals surface area contributed by atoms with E-state index in [0.29, 0.717) is 11.3 Å². The minimum Gasteiger partial charge on any atom is -0.444 e. The van der Waals surface area contributed by atoms with Gasteiger partial charge in [0.2, 0.25) is 6.10 Å². The average molecular weight is 363 g/mol. The molecular weight excluding hydrogens is 345 g/mol. The zero-order valence-electron chi connectivity index (χ0n) is 14.7. The molecule has 1 unspecified atom stereocenters. The van der Waals surface area contributed by atoms with Crippen molar-refractivity contribution < 1.29 is 18.7 Å². The Labute approximate surface area is 156 Å². The van der Waals surface area contributed by atoms with E-state index in [4.69, 9.17) is 4.74 Å². The van der Waals surface area contributed by atoms with Gasteiger partial charge in [0.1, 0.15) is 5.82 Å². The van der Waals surface area contributed by atoms with Crippen LogP contribution in [0.1, 0.15) is 27.6 Å². The molecular formula is C22H18FNO3. The Morgan fingerprint density at radius 2 is 1.52 bits per heavy atom. The van der Waals surface area contributed by atoms with E-state index < -0.39 is 23.8 Å². The molecule has 5 heteroatoms. The molecule has 0 heterocycles. The van der Waals surface area contributed by atoms with E-state index in [1.807, 2.05) is 19.1 Å². The van der Waals surface area contributed by atoms with Crippen LogP contribution in [0.2, 0.25) is 0 Å². The van der Waals surface area contributed by atoms with Gasteiger partial charge in [-0.1, -0.05) is 48.0 Å². The van der Waals surface area contributed by atoms with Crippen molar-refractivity contribution in [2.75, 3.05) is 5.32 Å². The Morgan fingerprint density at radius 3 is 2.15 bits per heavy atom. The van der Waals surface area contributed by atoms with Crippen molar-refractivity contribution in [3.05, 3.63) is 101 Å². The van der Waals surface area contributed by atoms with E-state index in [0.717, 1.165) is 5.56 Å². The summed E-state index contributed by atoms with van der Waals surface area (Å²) < 4.78 is 18.5. The molecule has 136 valence electrons. The highest BCUT2D eigenvalue weighted by molar-refractivity contribution is 5.98. The number of halogens is 1. The van der Waals surface area contributed by atoms with Crippen molar-refractivity contribution in [2.24, 2.45) is 0 Å². The third-order valence-corrected chi connectivity index (χ3v) is 3.96. The van der Waals surface area contributed by atoms with Crippen molar-refractivity contribution in [3.8, 4) is 0 Å². The van der Waals surface area contributed by atoms with Gasteiger partial charge in [0, 0.05) is 11.3 Å². The van der Waals surface area contributed by atoms with Crippen LogP contribution in [0.15, 0.2) is 78.9 Å². The third kappa shape index (κ3) is 4.79. The Kier molecular flexibility index (Phi) is 5.61. The number of amides is 1. The summed E-state index contributed by atoms with van der Waals surface area (Å²) in [6, 6.07) is 21.0. The maximum absolute atomic E-state index is 13.1. The summed E-state index contributed by atoms with van der Waals surface area (Å²) in [4.78, 5) is 25.2. The normalized spacial score (nSPS) is 11.5. The van der Waals surface area contributed by atoms with Crippen molar-refractivity contribution in [1.82, 2.24) is 0 Å². The molecule has 3 aromatic rings. The first-order valence-corrected chi connectivity index (χ1v) is 8.42. The highest BCUT2D eigenvalue weighted by Crippen LogP contribution is 2.22. The number of rotatable bonds is 5. The first-order chi connectivity index (χ1) is 13.0. The summed E-state index contributed by atoms with van der Waals surface area (Å²) in [6.45, 7) is 1.95. The molecule has 0 radical (unpaired) electrons. The predicted molar refractivity (Wildman–Crippen MR) is 101 cm³/mol. The lowest BCUT2D eigenvalue weighted by molar-refractivity contribution is -0.125. The molecule has 0 fully saturated rings. The third-order valence-electron chi connectivity index (χ3n) is 3.96. The number of nitrogens with one attached hydrogen (secondary N) is 1. The maximum atomic E-state index is 13.1. The van der Waals surface area contributed by atoms with E-state index in [2.05, 4.69) is 5.32 Å². The largest absolute Gasteiger partial charge is 0.444 e. The second kappa shape index (κ2) is 8.27. The Morgan fingerprint density at radius 1 is 0.889 bits per heavy atom. The molecule has 0 aliphatic carbocycles. The van der Waals surface area contributed by atoms with E-state index in [9.17, 15) is 14.0 Å². The lowest BCUT2D eigenvalue weighted by Gasteiger charge is -2.18. The van der Waals surface area contributed by atoms with Gasteiger partial charge in [-0.05, 0) is 43.3 Å². The molecule has 1 atom stereocenters. The van der Waals surface area contributed by atoms with Crippen LogP contribution in [0.5, 0.6) is 0 Å². The molecule has 3 rings (SSSR count). The monoisotopic (exact) mass is 363 g/mol.